The Labute approximate surface area is 177 Å². The summed E-state index contributed by atoms with van der Waals surface area (Å²) in [7, 11) is 1.56. The van der Waals surface area contributed by atoms with Gasteiger partial charge in [-0.3, -0.25) is 0 Å². The molecular formula is C21H17Cl3FNO2. The number of methoxy groups -OCH3 is 1. The largest absolute Gasteiger partial charge is 0.493 e. The van der Waals surface area contributed by atoms with Crippen LogP contribution in [0.5, 0.6) is 11.5 Å². The van der Waals surface area contributed by atoms with Crippen LogP contribution in [0.25, 0.3) is 0 Å². The molecule has 3 nitrogen and oxygen atoms in total. The van der Waals surface area contributed by atoms with E-state index in [1.807, 2.05) is 18.2 Å². The Morgan fingerprint density at radius 1 is 0.857 bits per heavy atom. The van der Waals surface area contributed by atoms with Crippen LogP contribution in [0.1, 0.15) is 11.1 Å². The van der Waals surface area contributed by atoms with Crippen molar-refractivity contribution in [3.63, 3.8) is 0 Å². The van der Waals surface area contributed by atoms with Gasteiger partial charge in [0.1, 0.15) is 12.4 Å². The van der Waals surface area contributed by atoms with Gasteiger partial charge in [-0.25, -0.2) is 4.39 Å². The average Bonchev–Trinajstić information content (AvgIpc) is 2.69. The third-order valence-electron chi connectivity index (χ3n) is 4.08. The highest BCUT2D eigenvalue weighted by Gasteiger charge is 2.12. The Balaban J connectivity index is 1.73. The highest BCUT2D eigenvalue weighted by atomic mass is 35.5. The summed E-state index contributed by atoms with van der Waals surface area (Å²) in [6.07, 6.45) is 0. The zero-order chi connectivity index (χ0) is 20.1. The fourth-order valence-corrected chi connectivity index (χ4v) is 3.15. The number of rotatable bonds is 7. The summed E-state index contributed by atoms with van der Waals surface area (Å²) in [6, 6.07) is 15.4. The summed E-state index contributed by atoms with van der Waals surface area (Å²) in [5.41, 5.74) is 2.34. The lowest BCUT2D eigenvalue weighted by Gasteiger charge is -2.15. The molecule has 0 saturated carbocycles. The van der Waals surface area contributed by atoms with E-state index in [2.05, 4.69) is 5.32 Å². The molecule has 0 unspecified atom stereocenters. The van der Waals surface area contributed by atoms with Crippen molar-refractivity contribution in [2.24, 2.45) is 0 Å². The van der Waals surface area contributed by atoms with Gasteiger partial charge in [0.25, 0.3) is 0 Å². The second-order valence-electron chi connectivity index (χ2n) is 5.96. The molecule has 0 aliphatic rings. The van der Waals surface area contributed by atoms with Crippen LogP contribution in [0, 0.1) is 5.82 Å². The van der Waals surface area contributed by atoms with Gasteiger partial charge >= 0.3 is 0 Å². The van der Waals surface area contributed by atoms with Crippen LogP contribution in [-0.2, 0) is 13.2 Å². The summed E-state index contributed by atoms with van der Waals surface area (Å²) in [6.45, 7) is 0.694. The monoisotopic (exact) mass is 439 g/mol. The molecule has 7 heteroatoms. The van der Waals surface area contributed by atoms with Gasteiger partial charge in [-0.2, -0.15) is 0 Å². The lowest BCUT2D eigenvalue weighted by atomic mass is 10.2. The predicted molar refractivity (Wildman–Crippen MR) is 113 cm³/mol. The Morgan fingerprint density at radius 2 is 1.64 bits per heavy atom. The van der Waals surface area contributed by atoms with E-state index < -0.39 is 5.82 Å². The lowest BCUT2D eigenvalue weighted by Crippen LogP contribution is -2.03. The van der Waals surface area contributed by atoms with Crippen molar-refractivity contribution in [2.75, 3.05) is 12.4 Å². The van der Waals surface area contributed by atoms with Crippen molar-refractivity contribution in [1.82, 2.24) is 0 Å². The SMILES string of the molecule is COc1cc(CNc2ccc(F)c(Cl)c2)c(Cl)cc1OCc1ccccc1Cl. The molecular weight excluding hydrogens is 424 g/mol. The molecule has 0 radical (unpaired) electrons. The average molecular weight is 441 g/mol. The van der Waals surface area contributed by atoms with E-state index in [-0.39, 0.29) is 11.6 Å². The number of anilines is 1. The summed E-state index contributed by atoms with van der Waals surface area (Å²) in [5.74, 6) is 0.596. The van der Waals surface area contributed by atoms with Crippen LogP contribution in [-0.4, -0.2) is 7.11 Å². The van der Waals surface area contributed by atoms with Crippen molar-refractivity contribution in [2.45, 2.75) is 13.2 Å². The fourth-order valence-electron chi connectivity index (χ4n) is 2.56. The Morgan fingerprint density at radius 3 is 2.36 bits per heavy atom. The molecule has 3 aromatic rings. The van der Waals surface area contributed by atoms with Gasteiger partial charge in [0.15, 0.2) is 11.5 Å². The van der Waals surface area contributed by atoms with Gasteiger partial charge < -0.3 is 14.8 Å². The van der Waals surface area contributed by atoms with Crippen molar-refractivity contribution in [1.29, 1.82) is 0 Å². The van der Waals surface area contributed by atoms with Crippen LogP contribution in [0.15, 0.2) is 54.6 Å². The highest BCUT2D eigenvalue weighted by molar-refractivity contribution is 6.32. The van der Waals surface area contributed by atoms with Crippen molar-refractivity contribution >= 4 is 40.5 Å². The number of halogens is 4. The minimum atomic E-state index is -0.466. The molecule has 0 aliphatic carbocycles. The molecule has 0 amide bonds. The number of hydrogen-bond donors (Lipinski definition) is 1. The van der Waals surface area contributed by atoms with E-state index in [0.29, 0.717) is 33.8 Å². The lowest BCUT2D eigenvalue weighted by molar-refractivity contribution is 0.284. The molecule has 0 saturated heterocycles. The molecule has 0 aliphatic heterocycles. The van der Waals surface area contributed by atoms with E-state index in [1.165, 1.54) is 12.1 Å². The molecule has 0 spiro atoms. The summed E-state index contributed by atoms with van der Waals surface area (Å²) < 4.78 is 24.6. The minimum absolute atomic E-state index is 0.0528. The molecule has 0 atom stereocenters. The molecule has 0 heterocycles. The minimum Gasteiger partial charge on any atom is -0.493 e. The molecule has 3 aromatic carbocycles. The predicted octanol–water partition coefficient (Wildman–Crippen LogP) is 6.99. The molecule has 28 heavy (non-hydrogen) atoms. The van der Waals surface area contributed by atoms with Gasteiger partial charge in [-0.15, -0.1) is 0 Å². The zero-order valence-electron chi connectivity index (χ0n) is 14.9. The van der Waals surface area contributed by atoms with Crippen molar-refractivity contribution in [3.05, 3.63) is 86.6 Å². The standard InChI is InChI=1S/C21H17Cl3FNO2/c1-27-20-8-14(11-26-15-6-7-19(25)18(24)9-15)17(23)10-21(20)28-12-13-4-2-3-5-16(13)22/h2-10,26H,11-12H2,1H3. The molecule has 0 bridgehead atoms. The smallest absolute Gasteiger partial charge is 0.163 e. The first-order valence-electron chi connectivity index (χ1n) is 8.39. The summed E-state index contributed by atoms with van der Waals surface area (Å²) in [4.78, 5) is 0. The van der Waals surface area contributed by atoms with Crippen LogP contribution in [0.2, 0.25) is 15.1 Å². The molecule has 3 rings (SSSR count). The third-order valence-corrected chi connectivity index (χ3v) is 5.09. The third kappa shape index (κ3) is 5.02. The second kappa shape index (κ2) is 9.37. The first kappa shape index (κ1) is 20.6. The van der Waals surface area contributed by atoms with Gasteiger partial charge in [0.2, 0.25) is 0 Å². The summed E-state index contributed by atoms with van der Waals surface area (Å²) in [5, 5.41) is 4.35. The molecule has 1 N–H and O–H groups in total. The van der Waals surface area contributed by atoms with Crippen LogP contribution in [0.3, 0.4) is 0 Å². The Hall–Kier alpha value is -2.14. The normalized spacial score (nSPS) is 10.6. The number of ether oxygens (including phenoxy) is 2. The van der Waals surface area contributed by atoms with Gasteiger partial charge in [0, 0.05) is 33.9 Å². The number of nitrogens with one attached hydrogen (secondary N) is 1. The summed E-state index contributed by atoms with van der Waals surface area (Å²) >= 11 is 18.4. The van der Waals surface area contributed by atoms with E-state index in [0.717, 1.165) is 11.1 Å². The number of hydrogen-bond acceptors (Lipinski definition) is 3. The van der Waals surface area contributed by atoms with E-state index in [9.17, 15) is 4.39 Å². The van der Waals surface area contributed by atoms with Crippen molar-refractivity contribution < 1.29 is 13.9 Å². The first-order valence-corrected chi connectivity index (χ1v) is 9.53. The van der Waals surface area contributed by atoms with Gasteiger partial charge in [-0.1, -0.05) is 53.0 Å². The van der Waals surface area contributed by atoms with E-state index in [1.54, 1.807) is 31.4 Å². The van der Waals surface area contributed by atoms with Crippen molar-refractivity contribution in [3.8, 4) is 11.5 Å². The number of benzene rings is 3. The zero-order valence-corrected chi connectivity index (χ0v) is 17.2. The maximum Gasteiger partial charge on any atom is 0.163 e. The van der Waals surface area contributed by atoms with Gasteiger partial charge in [-0.05, 0) is 35.9 Å². The topological polar surface area (TPSA) is 30.5 Å². The maximum absolute atomic E-state index is 13.3. The second-order valence-corrected chi connectivity index (χ2v) is 7.18. The van der Waals surface area contributed by atoms with Gasteiger partial charge in [0.05, 0.1) is 12.1 Å². The highest BCUT2D eigenvalue weighted by Crippen LogP contribution is 2.35. The molecule has 0 fully saturated rings. The van der Waals surface area contributed by atoms with Crippen LogP contribution >= 0.6 is 34.8 Å². The first-order chi connectivity index (χ1) is 13.5. The van der Waals surface area contributed by atoms with E-state index in [4.69, 9.17) is 44.3 Å². The fraction of sp³-hybridized carbons (Fsp3) is 0.143. The van der Waals surface area contributed by atoms with Crippen LogP contribution < -0.4 is 14.8 Å². The maximum atomic E-state index is 13.3. The van der Waals surface area contributed by atoms with Crippen LogP contribution in [0.4, 0.5) is 10.1 Å². The quantitative estimate of drug-likeness (QED) is 0.429. The van der Waals surface area contributed by atoms with E-state index >= 15 is 0 Å². The molecule has 0 aromatic heterocycles. The Bertz CT molecular complexity index is 982. The molecule has 146 valence electrons. The Kier molecular flexibility index (Phi) is 6.89.